The average molecular weight is 443 g/mol. The molecule has 2 amide bonds. The van der Waals surface area contributed by atoms with Gasteiger partial charge in [-0.1, -0.05) is 39.0 Å². The van der Waals surface area contributed by atoms with Crippen LogP contribution in [0.1, 0.15) is 56.8 Å². The van der Waals surface area contributed by atoms with Gasteiger partial charge in [0, 0.05) is 30.6 Å². The fraction of sp³-hybridized carbons (Fsp3) is 0.692. The molecule has 1 aliphatic heterocycles. The first-order chi connectivity index (χ1) is 15.3. The number of fused-ring (bicyclic) bond motifs is 1. The lowest BCUT2D eigenvalue weighted by Gasteiger charge is -2.56. The molecule has 7 atom stereocenters. The molecule has 1 aromatic carbocycles. The van der Waals surface area contributed by atoms with Gasteiger partial charge in [-0.15, -0.1) is 0 Å². The van der Waals surface area contributed by atoms with Crippen molar-refractivity contribution in [3.8, 4) is 0 Å². The second-order valence-electron chi connectivity index (χ2n) is 10.4. The normalized spacial score (nSPS) is 36.1. The molecule has 0 aromatic heterocycles. The van der Waals surface area contributed by atoms with E-state index in [-0.39, 0.29) is 46.9 Å². The zero-order valence-corrected chi connectivity index (χ0v) is 19.6. The Balaban J connectivity index is 1.47. The van der Waals surface area contributed by atoms with Crippen molar-refractivity contribution in [2.75, 3.05) is 26.3 Å². The largest absolute Gasteiger partial charge is 0.392 e. The van der Waals surface area contributed by atoms with Crippen LogP contribution in [0.25, 0.3) is 0 Å². The zero-order valence-electron chi connectivity index (χ0n) is 19.6. The van der Waals surface area contributed by atoms with Gasteiger partial charge < -0.3 is 20.1 Å². The monoisotopic (exact) mass is 442 g/mol. The highest BCUT2D eigenvalue weighted by Gasteiger charge is 2.54. The Hall–Kier alpha value is -1.92. The molecule has 2 saturated carbocycles. The number of nitrogens with zero attached hydrogens (tertiary/aromatic N) is 1. The highest BCUT2D eigenvalue weighted by molar-refractivity contribution is 5.94. The van der Waals surface area contributed by atoms with Crippen LogP contribution in [0.3, 0.4) is 0 Å². The number of carbonyl (C=O) groups is 2. The predicted molar refractivity (Wildman–Crippen MR) is 123 cm³/mol. The second kappa shape index (κ2) is 9.52. The Labute approximate surface area is 191 Å². The van der Waals surface area contributed by atoms with E-state index in [1.807, 2.05) is 42.2 Å². The summed E-state index contributed by atoms with van der Waals surface area (Å²) in [6.07, 6.45) is 3.26. The first kappa shape index (κ1) is 23.2. The maximum atomic E-state index is 13.1. The SMILES string of the molecule is C[C@@H]1[C@@H]2[C@@H](O)[C@@H]([C@H](C)C(=O)N3CCOCC3)CC[C@]2(C)CC[C@@H]1NC(=O)c1ccccc1. The molecular formula is C26H38N2O4. The Morgan fingerprint density at radius 1 is 1.16 bits per heavy atom. The molecule has 6 nitrogen and oxygen atoms in total. The first-order valence-corrected chi connectivity index (χ1v) is 12.2. The summed E-state index contributed by atoms with van der Waals surface area (Å²) in [5.41, 5.74) is 0.713. The van der Waals surface area contributed by atoms with Crippen LogP contribution in [0.5, 0.6) is 0 Å². The Bertz CT molecular complexity index is 809. The molecule has 2 aliphatic carbocycles. The number of carbonyl (C=O) groups excluding carboxylic acids is 2. The summed E-state index contributed by atoms with van der Waals surface area (Å²) in [5, 5.41) is 14.8. The van der Waals surface area contributed by atoms with Gasteiger partial charge >= 0.3 is 0 Å². The summed E-state index contributed by atoms with van der Waals surface area (Å²) in [6.45, 7) is 8.89. The van der Waals surface area contributed by atoms with Crippen LogP contribution in [0.15, 0.2) is 30.3 Å². The molecule has 4 rings (SSSR count). The molecule has 6 heteroatoms. The molecule has 0 bridgehead atoms. The van der Waals surface area contributed by atoms with Crippen molar-refractivity contribution in [3.05, 3.63) is 35.9 Å². The van der Waals surface area contributed by atoms with Gasteiger partial charge in [-0.3, -0.25) is 9.59 Å². The number of hydrogen-bond donors (Lipinski definition) is 2. The van der Waals surface area contributed by atoms with Crippen LogP contribution in [-0.2, 0) is 9.53 Å². The van der Waals surface area contributed by atoms with Gasteiger partial charge in [-0.05, 0) is 61.0 Å². The van der Waals surface area contributed by atoms with Gasteiger partial charge in [0.2, 0.25) is 5.91 Å². The van der Waals surface area contributed by atoms with Crippen molar-refractivity contribution < 1.29 is 19.4 Å². The fourth-order valence-electron chi connectivity index (χ4n) is 6.59. The zero-order chi connectivity index (χ0) is 22.9. The van der Waals surface area contributed by atoms with E-state index in [0.29, 0.717) is 31.9 Å². The summed E-state index contributed by atoms with van der Waals surface area (Å²) in [5.74, 6) is 0.0385. The number of rotatable bonds is 4. The Morgan fingerprint density at radius 3 is 2.50 bits per heavy atom. The number of aliphatic hydroxyl groups is 1. The fourth-order valence-corrected chi connectivity index (χ4v) is 6.59. The van der Waals surface area contributed by atoms with E-state index < -0.39 is 6.10 Å². The lowest BCUT2D eigenvalue weighted by atomic mass is 9.51. The minimum absolute atomic E-state index is 0.0273. The maximum absolute atomic E-state index is 13.1. The van der Waals surface area contributed by atoms with Crippen molar-refractivity contribution in [1.82, 2.24) is 10.2 Å². The van der Waals surface area contributed by atoms with Gasteiger partial charge in [-0.25, -0.2) is 0 Å². The highest BCUT2D eigenvalue weighted by atomic mass is 16.5. The van der Waals surface area contributed by atoms with Gasteiger partial charge in [0.1, 0.15) is 0 Å². The third-order valence-electron chi connectivity index (χ3n) is 8.59. The molecule has 3 aliphatic rings. The lowest BCUT2D eigenvalue weighted by molar-refractivity contribution is -0.153. The van der Waals surface area contributed by atoms with Crippen molar-refractivity contribution in [2.24, 2.45) is 29.1 Å². The molecule has 0 unspecified atom stereocenters. The molecule has 2 N–H and O–H groups in total. The smallest absolute Gasteiger partial charge is 0.251 e. The van der Waals surface area contributed by atoms with E-state index in [2.05, 4.69) is 19.2 Å². The minimum atomic E-state index is -0.542. The predicted octanol–water partition coefficient (Wildman–Crippen LogP) is 3.10. The third kappa shape index (κ3) is 4.44. The van der Waals surface area contributed by atoms with Crippen molar-refractivity contribution >= 4 is 11.8 Å². The molecule has 32 heavy (non-hydrogen) atoms. The quantitative estimate of drug-likeness (QED) is 0.751. The van der Waals surface area contributed by atoms with Crippen LogP contribution in [0, 0.1) is 29.1 Å². The van der Waals surface area contributed by atoms with Crippen molar-refractivity contribution in [2.45, 2.75) is 58.6 Å². The van der Waals surface area contributed by atoms with E-state index in [9.17, 15) is 14.7 Å². The number of nitrogens with one attached hydrogen (secondary N) is 1. The molecule has 0 radical (unpaired) electrons. The van der Waals surface area contributed by atoms with Crippen molar-refractivity contribution in [1.29, 1.82) is 0 Å². The number of amides is 2. The summed E-state index contributed by atoms with van der Waals surface area (Å²) < 4.78 is 5.39. The van der Waals surface area contributed by atoms with Crippen LogP contribution in [0.4, 0.5) is 0 Å². The number of benzene rings is 1. The summed E-state index contributed by atoms with van der Waals surface area (Å²) in [7, 11) is 0. The molecular weight excluding hydrogens is 404 g/mol. The molecule has 176 valence electrons. The number of morpholine rings is 1. The number of ether oxygens (including phenoxy) is 1. The molecule has 0 spiro atoms. The summed E-state index contributed by atoms with van der Waals surface area (Å²) in [4.78, 5) is 27.8. The summed E-state index contributed by atoms with van der Waals surface area (Å²) in [6, 6.07) is 9.34. The van der Waals surface area contributed by atoms with Crippen LogP contribution >= 0.6 is 0 Å². The molecule has 1 aromatic rings. The lowest BCUT2D eigenvalue weighted by Crippen LogP contribution is -2.59. The first-order valence-electron chi connectivity index (χ1n) is 12.2. The van der Waals surface area contributed by atoms with E-state index in [0.717, 1.165) is 25.7 Å². The minimum Gasteiger partial charge on any atom is -0.392 e. The van der Waals surface area contributed by atoms with Crippen LogP contribution < -0.4 is 5.32 Å². The Kier molecular flexibility index (Phi) is 6.91. The molecule has 1 heterocycles. The third-order valence-corrected chi connectivity index (χ3v) is 8.59. The molecule has 1 saturated heterocycles. The topological polar surface area (TPSA) is 78.9 Å². The maximum Gasteiger partial charge on any atom is 0.251 e. The van der Waals surface area contributed by atoms with Gasteiger partial charge in [-0.2, -0.15) is 0 Å². The highest BCUT2D eigenvalue weighted by Crippen LogP contribution is 2.55. The number of hydrogen-bond acceptors (Lipinski definition) is 4. The second-order valence-corrected chi connectivity index (χ2v) is 10.4. The van der Waals surface area contributed by atoms with E-state index in [1.54, 1.807) is 0 Å². The van der Waals surface area contributed by atoms with Gasteiger partial charge in [0.05, 0.1) is 19.3 Å². The van der Waals surface area contributed by atoms with Gasteiger partial charge in [0.25, 0.3) is 5.91 Å². The van der Waals surface area contributed by atoms with Crippen LogP contribution in [-0.4, -0.2) is 60.3 Å². The van der Waals surface area contributed by atoms with Crippen LogP contribution in [0.2, 0.25) is 0 Å². The van der Waals surface area contributed by atoms with E-state index >= 15 is 0 Å². The van der Waals surface area contributed by atoms with Crippen molar-refractivity contribution in [3.63, 3.8) is 0 Å². The van der Waals surface area contributed by atoms with E-state index in [4.69, 9.17) is 4.74 Å². The summed E-state index contributed by atoms with van der Waals surface area (Å²) >= 11 is 0. The standard InChI is InChI=1S/C26H38N2O4/c1-17(25(31)28-13-15-32-16-14-28)20-9-11-26(3)12-10-21(18(2)22(26)23(20)29)27-24(30)19-7-5-4-6-8-19/h4-8,17-18,20-23,29H,9-16H2,1-3H3,(H,27,30)/t17-,18-,20+,21-,22+,23-,26+/m0/s1. The number of aliphatic hydroxyl groups excluding tert-OH is 1. The average Bonchev–Trinajstić information content (AvgIpc) is 2.81. The Morgan fingerprint density at radius 2 is 1.81 bits per heavy atom. The molecule has 3 fully saturated rings. The van der Waals surface area contributed by atoms with E-state index in [1.165, 1.54) is 0 Å². The van der Waals surface area contributed by atoms with Gasteiger partial charge in [0.15, 0.2) is 0 Å².